The van der Waals surface area contributed by atoms with Gasteiger partial charge in [0, 0.05) is 26.2 Å². The molecule has 3 heteroatoms. The molecule has 0 saturated carbocycles. The molecule has 2 atom stereocenters. The van der Waals surface area contributed by atoms with Gasteiger partial charge in [-0.15, -0.1) is 0 Å². The van der Waals surface area contributed by atoms with Crippen LogP contribution in [-0.4, -0.2) is 44.3 Å². The summed E-state index contributed by atoms with van der Waals surface area (Å²) < 4.78 is 5.52. The van der Waals surface area contributed by atoms with Gasteiger partial charge in [-0.05, 0) is 26.3 Å². The predicted octanol–water partition coefficient (Wildman–Crippen LogP) is 1.72. The maximum Gasteiger partial charge on any atom is 0.0709 e. The van der Waals surface area contributed by atoms with Crippen molar-refractivity contribution < 1.29 is 4.74 Å². The highest BCUT2D eigenvalue weighted by Crippen LogP contribution is 2.04. The lowest BCUT2D eigenvalue weighted by atomic mass is 10.1. The molecule has 0 saturated heterocycles. The first-order valence-electron chi connectivity index (χ1n) is 6.14. The van der Waals surface area contributed by atoms with E-state index in [-0.39, 0.29) is 6.10 Å². The SMILES string of the molecule is CCOC(CN)CCN(C)CC(C)CC. The van der Waals surface area contributed by atoms with Crippen LogP contribution in [0.3, 0.4) is 0 Å². The lowest BCUT2D eigenvalue weighted by Gasteiger charge is -2.23. The first-order chi connectivity index (χ1) is 7.13. The van der Waals surface area contributed by atoms with Gasteiger partial charge in [-0.2, -0.15) is 0 Å². The molecule has 0 aromatic rings. The number of hydrogen-bond acceptors (Lipinski definition) is 3. The van der Waals surface area contributed by atoms with E-state index in [1.54, 1.807) is 0 Å². The summed E-state index contributed by atoms with van der Waals surface area (Å²) in [5.74, 6) is 0.776. The number of hydrogen-bond donors (Lipinski definition) is 1. The zero-order chi connectivity index (χ0) is 11.7. The molecule has 0 aliphatic rings. The van der Waals surface area contributed by atoms with Crippen LogP contribution in [0.1, 0.15) is 33.6 Å². The first kappa shape index (κ1) is 14.9. The maximum absolute atomic E-state index is 5.63. The molecule has 2 N–H and O–H groups in total. The Morgan fingerprint density at radius 1 is 1.33 bits per heavy atom. The second-order valence-corrected chi connectivity index (χ2v) is 4.38. The fourth-order valence-corrected chi connectivity index (χ4v) is 1.62. The third-order valence-electron chi connectivity index (χ3n) is 2.82. The second-order valence-electron chi connectivity index (χ2n) is 4.38. The monoisotopic (exact) mass is 216 g/mol. The minimum atomic E-state index is 0.231. The summed E-state index contributed by atoms with van der Waals surface area (Å²) >= 11 is 0. The third kappa shape index (κ3) is 7.77. The topological polar surface area (TPSA) is 38.5 Å². The van der Waals surface area contributed by atoms with Crippen LogP contribution in [-0.2, 0) is 4.74 Å². The van der Waals surface area contributed by atoms with Crippen LogP contribution in [0, 0.1) is 5.92 Å². The lowest BCUT2D eigenvalue weighted by molar-refractivity contribution is 0.0554. The van der Waals surface area contributed by atoms with Crippen LogP contribution >= 0.6 is 0 Å². The van der Waals surface area contributed by atoms with Gasteiger partial charge >= 0.3 is 0 Å². The van der Waals surface area contributed by atoms with Gasteiger partial charge < -0.3 is 15.4 Å². The highest BCUT2D eigenvalue weighted by atomic mass is 16.5. The molecule has 0 amide bonds. The van der Waals surface area contributed by atoms with Crippen LogP contribution < -0.4 is 5.73 Å². The lowest BCUT2D eigenvalue weighted by Crippen LogP contribution is -2.31. The van der Waals surface area contributed by atoms with E-state index in [0.29, 0.717) is 6.54 Å². The molecule has 0 aromatic carbocycles. The van der Waals surface area contributed by atoms with Crippen molar-refractivity contribution in [2.45, 2.75) is 39.7 Å². The molecule has 0 radical (unpaired) electrons. The van der Waals surface area contributed by atoms with E-state index in [9.17, 15) is 0 Å². The summed E-state index contributed by atoms with van der Waals surface area (Å²) in [7, 11) is 2.17. The van der Waals surface area contributed by atoms with Gasteiger partial charge in [-0.3, -0.25) is 0 Å². The normalized spacial score (nSPS) is 15.6. The Bertz CT molecular complexity index is 142. The van der Waals surface area contributed by atoms with Gasteiger partial charge in [0.05, 0.1) is 6.10 Å². The minimum Gasteiger partial charge on any atom is -0.377 e. The molecule has 3 nitrogen and oxygen atoms in total. The van der Waals surface area contributed by atoms with Crippen molar-refractivity contribution in [2.24, 2.45) is 11.7 Å². The van der Waals surface area contributed by atoms with Crippen molar-refractivity contribution in [3.05, 3.63) is 0 Å². The van der Waals surface area contributed by atoms with Gasteiger partial charge in [0.1, 0.15) is 0 Å². The van der Waals surface area contributed by atoms with Crippen molar-refractivity contribution in [1.82, 2.24) is 4.90 Å². The highest BCUT2D eigenvalue weighted by Gasteiger charge is 2.09. The second kappa shape index (κ2) is 9.13. The Morgan fingerprint density at radius 2 is 2.00 bits per heavy atom. The first-order valence-corrected chi connectivity index (χ1v) is 6.14. The molecular formula is C12H28N2O. The van der Waals surface area contributed by atoms with Crippen LogP contribution in [0.5, 0.6) is 0 Å². The van der Waals surface area contributed by atoms with E-state index in [2.05, 4.69) is 25.8 Å². The Morgan fingerprint density at radius 3 is 2.47 bits per heavy atom. The number of nitrogens with two attached hydrogens (primary N) is 1. The average Bonchev–Trinajstić information content (AvgIpc) is 2.23. The van der Waals surface area contributed by atoms with Crippen molar-refractivity contribution >= 4 is 0 Å². The van der Waals surface area contributed by atoms with Crippen LogP contribution in [0.15, 0.2) is 0 Å². The maximum atomic E-state index is 5.63. The quantitative estimate of drug-likeness (QED) is 0.638. The Labute approximate surface area is 95.0 Å². The molecular weight excluding hydrogens is 188 g/mol. The van der Waals surface area contributed by atoms with E-state index in [1.165, 1.54) is 13.0 Å². The molecule has 0 aliphatic carbocycles. The van der Waals surface area contributed by atoms with Crippen LogP contribution in [0.2, 0.25) is 0 Å². The summed E-state index contributed by atoms with van der Waals surface area (Å²) in [6, 6.07) is 0. The van der Waals surface area contributed by atoms with E-state index in [0.717, 1.165) is 25.5 Å². The molecule has 0 spiro atoms. The van der Waals surface area contributed by atoms with Gasteiger partial charge in [-0.1, -0.05) is 20.3 Å². The fourth-order valence-electron chi connectivity index (χ4n) is 1.62. The van der Waals surface area contributed by atoms with Gasteiger partial charge in [-0.25, -0.2) is 0 Å². The van der Waals surface area contributed by atoms with Crippen molar-refractivity contribution in [1.29, 1.82) is 0 Å². The molecule has 2 unspecified atom stereocenters. The zero-order valence-electron chi connectivity index (χ0n) is 10.8. The van der Waals surface area contributed by atoms with Gasteiger partial charge in [0.2, 0.25) is 0 Å². The molecule has 0 heterocycles. The summed E-state index contributed by atoms with van der Waals surface area (Å²) in [5, 5.41) is 0. The molecule has 0 fully saturated rings. The van der Waals surface area contributed by atoms with Crippen LogP contribution in [0.4, 0.5) is 0 Å². The van der Waals surface area contributed by atoms with Gasteiger partial charge in [0.25, 0.3) is 0 Å². The zero-order valence-corrected chi connectivity index (χ0v) is 10.8. The largest absolute Gasteiger partial charge is 0.377 e. The predicted molar refractivity (Wildman–Crippen MR) is 66.0 cm³/mol. The fraction of sp³-hybridized carbons (Fsp3) is 1.00. The minimum absolute atomic E-state index is 0.231. The Hall–Kier alpha value is -0.120. The Kier molecular flexibility index (Phi) is 9.06. The standard InChI is InChI=1S/C12H28N2O/c1-5-11(3)10-14(4)8-7-12(9-13)15-6-2/h11-12H,5-10,13H2,1-4H3. The number of rotatable bonds is 9. The summed E-state index contributed by atoms with van der Waals surface area (Å²) in [4.78, 5) is 2.37. The highest BCUT2D eigenvalue weighted by molar-refractivity contribution is 4.63. The number of ether oxygens (including phenoxy) is 1. The third-order valence-corrected chi connectivity index (χ3v) is 2.82. The van der Waals surface area contributed by atoms with E-state index in [4.69, 9.17) is 10.5 Å². The summed E-state index contributed by atoms with van der Waals surface area (Å²) in [5.41, 5.74) is 5.63. The smallest absolute Gasteiger partial charge is 0.0709 e. The van der Waals surface area contributed by atoms with Gasteiger partial charge in [0.15, 0.2) is 0 Å². The number of nitrogens with zero attached hydrogens (tertiary/aromatic N) is 1. The molecule has 15 heavy (non-hydrogen) atoms. The van der Waals surface area contributed by atoms with Crippen molar-refractivity contribution in [2.75, 3.05) is 33.3 Å². The van der Waals surface area contributed by atoms with Crippen molar-refractivity contribution in [3.63, 3.8) is 0 Å². The van der Waals surface area contributed by atoms with Crippen LogP contribution in [0.25, 0.3) is 0 Å². The summed E-state index contributed by atoms with van der Waals surface area (Å²) in [6.07, 6.45) is 2.52. The average molecular weight is 216 g/mol. The van der Waals surface area contributed by atoms with E-state index in [1.807, 2.05) is 6.92 Å². The molecule has 92 valence electrons. The van der Waals surface area contributed by atoms with Crippen molar-refractivity contribution in [3.8, 4) is 0 Å². The molecule has 0 aromatic heterocycles. The molecule has 0 aliphatic heterocycles. The summed E-state index contributed by atoms with van der Waals surface area (Å²) in [6.45, 7) is 10.2. The van der Waals surface area contributed by atoms with E-state index < -0.39 is 0 Å². The molecule has 0 bridgehead atoms. The Balaban J connectivity index is 3.62. The van der Waals surface area contributed by atoms with E-state index >= 15 is 0 Å². The molecule has 0 rings (SSSR count).